The second-order valence-corrected chi connectivity index (χ2v) is 6.03. The van der Waals surface area contributed by atoms with Crippen molar-refractivity contribution in [1.29, 1.82) is 0 Å². The van der Waals surface area contributed by atoms with Gasteiger partial charge in [0.1, 0.15) is 6.61 Å². The quantitative estimate of drug-likeness (QED) is 0.751. The van der Waals surface area contributed by atoms with Gasteiger partial charge in [0, 0.05) is 18.7 Å². The van der Waals surface area contributed by atoms with E-state index in [0.29, 0.717) is 19.6 Å². The molecule has 0 aromatic rings. The van der Waals surface area contributed by atoms with Gasteiger partial charge in [0.25, 0.3) is 0 Å². The molecular weight excluding hydrogens is 242 g/mol. The number of piperidine rings is 1. The topological polar surface area (TPSA) is 49.8 Å². The predicted molar refractivity (Wildman–Crippen MR) is 73.9 cm³/mol. The normalized spacial score (nSPS) is 25.4. The van der Waals surface area contributed by atoms with Crippen LogP contribution in [0.25, 0.3) is 0 Å². The summed E-state index contributed by atoms with van der Waals surface area (Å²) in [4.78, 5) is 14.3. The van der Waals surface area contributed by atoms with Gasteiger partial charge in [-0.15, -0.1) is 0 Å². The molecule has 1 saturated heterocycles. The summed E-state index contributed by atoms with van der Waals surface area (Å²) >= 11 is 0. The molecule has 19 heavy (non-hydrogen) atoms. The van der Waals surface area contributed by atoms with E-state index in [0.717, 1.165) is 32.1 Å². The van der Waals surface area contributed by atoms with Gasteiger partial charge in [-0.3, -0.25) is 4.79 Å². The van der Waals surface area contributed by atoms with Crippen LogP contribution in [0.15, 0.2) is 0 Å². The second-order valence-electron chi connectivity index (χ2n) is 6.03. The molecule has 1 atom stereocenters. The highest BCUT2D eigenvalue weighted by molar-refractivity contribution is 5.78. The van der Waals surface area contributed by atoms with E-state index < -0.39 is 0 Å². The third-order valence-electron chi connectivity index (χ3n) is 4.58. The van der Waals surface area contributed by atoms with Gasteiger partial charge < -0.3 is 14.7 Å². The zero-order valence-corrected chi connectivity index (χ0v) is 12.1. The monoisotopic (exact) mass is 269 g/mol. The van der Waals surface area contributed by atoms with Crippen LogP contribution in [0.2, 0.25) is 0 Å². The molecule has 4 heteroatoms. The molecule has 0 radical (unpaired) electrons. The maximum absolute atomic E-state index is 12.3. The van der Waals surface area contributed by atoms with Gasteiger partial charge in [-0.1, -0.05) is 19.8 Å². The molecule has 1 unspecified atom stereocenters. The number of ether oxygens (including phenoxy) is 1. The molecule has 1 heterocycles. The molecule has 1 N–H and O–H groups in total. The average molecular weight is 269 g/mol. The van der Waals surface area contributed by atoms with E-state index in [1.54, 1.807) is 0 Å². The Morgan fingerprint density at radius 1 is 1.42 bits per heavy atom. The van der Waals surface area contributed by atoms with Gasteiger partial charge in [-0.05, 0) is 38.5 Å². The maximum Gasteiger partial charge on any atom is 0.249 e. The lowest BCUT2D eigenvalue weighted by Gasteiger charge is -2.54. The maximum atomic E-state index is 12.3. The number of amides is 1. The Hall–Kier alpha value is -0.610. The van der Waals surface area contributed by atoms with E-state index in [9.17, 15) is 9.90 Å². The van der Waals surface area contributed by atoms with E-state index in [4.69, 9.17) is 4.74 Å². The number of nitrogens with zero attached hydrogens (tertiary/aromatic N) is 1. The molecule has 0 bridgehead atoms. The van der Waals surface area contributed by atoms with Gasteiger partial charge in [0.2, 0.25) is 5.91 Å². The number of carbonyl (C=O) groups excluding carboxylic acids is 1. The van der Waals surface area contributed by atoms with Crippen molar-refractivity contribution < 1.29 is 14.6 Å². The second kappa shape index (κ2) is 6.71. The largest absolute Gasteiger partial charge is 0.393 e. The Morgan fingerprint density at radius 2 is 2.21 bits per heavy atom. The summed E-state index contributed by atoms with van der Waals surface area (Å²) in [5.41, 5.74) is -0.0402. The fourth-order valence-corrected chi connectivity index (χ4v) is 3.31. The fourth-order valence-electron chi connectivity index (χ4n) is 3.31. The lowest BCUT2D eigenvalue weighted by atomic mass is 9.69. The number of hydrogen-bond donors (Lipinski definition) is 1. The summed E-state index contributed by atoms with van der Waals surface area (Å²) < 4.78 is 5.49. The Morgan fingerprint density at radius 3 is 2.84 bits per heavy atom. The number of aliphatic hydroxyl groups is 1. The molecule has 2 rings (SSSR count). The molecular formula is C15H27NO3. The lowest BCUT2D eigenvalue weighted by molar-refractivity contribution is -0.154. The van der Waals surface area contributed by atoms with Gasteiger partial charge in [0.05, 0.1) is 6.10 Å². The standard InChI is InChI=1S/C15H27NO3/c1-2-3-4-10-19-12-14(18)16-9-6-13(17)11-15(16)7-5-8-15/h13,17H,2-12H2,1H3. The first-order chi connectivity index (χ1) is 9.18. The Balaban J connectivity index is 1.77. The lowest BCUT2D eigenvalue weighted by Crippen LogP contribution is -2.61. The Bertz CT molecular complexity index is 302. The summed E-state index contributed by atoms with van der Waals surface area (Å²) in [6.45, 7) is 3.74. The highest BCUT2D eigenvalue weighted by atomic mass is 16.5. The number of likely N-dealkylation sites (tertiary alicyclic amines) is 1. The van der Waals surface area contributed by atoms with Crippen molar-refractivity contribution in [2.75, 3.05) is 19.8 Å². The fraction of sp³-hybridized carbons (Fsp3) is 0.933. The van der Waals surface area contributed by atoms with Crippen LogP contribution >= 0.6 is 0 Å². The molecule has 1 amide bonds. The van der Waals surface area contributed by atoms with E-state index in [-0.39, 0.29) is 24.2 Å². The van der Waals surface area contributed by atoms with Crippen molar-refractivity contribution in [3.63, 3.8) is 0 Å². The zero-order valence-electron chi connectivity index (χ0n) is 12.1. The Labute approximate surface area is 116 Å². The van der Waals surface area contributed by atoms with Crippen molar-refractivity contribution in [3.8, 4) is 0 Å². The van der Waals surface area contributed by atoms with E-state index >= 15 is 0 Å². The number of rotatable bonds is 6. The van der Waals surface area contributed by atoms with Crippen molar-refractivity contribution in [2.24, 2.45) is 0 Å². The molecule has 4 nitrogen and oxygen atoms in total. The smallest absolute Gasteiger partial charge is 0.249 e. The minimum atomic E-state index is -0.227. The van der Waals surface area contributed by atoms with Gasteiger partial charge in [0.15, 0.2) is 0 Å². The molecule has 1 saturated carbocycles. The molecule has 2 fully saturated rings. The summed E-state index contributed by atoms with van der Waals surface area (Å²) in [6.07, 6.45) is 7.88. The van der Waals surface area contributed by atoms with Crippen LogP contribution in [-0.4, -0.2) is 47.3 Å². The van der Waals surface area contributed by atoms with Crippen LogP contribution in [0.5, 0.6) is 0 Å². The number of hydrogen-bond acceptors (Lipinski definition) is 3. The SMILES string of the molecule is CCCCCOCC(=O)N1CCC(O)CC12CCC2. The van der Waals surface area contributed by atoms with Crippen molar-refractivity contribution in [2.45, 2.75) is 69.9 Å². The molecule has 2 aliphatic rings. The van der Waals surface area contributed by atoms with E-state index in [2.05, 4.69) is 6.92 Å². The first kappa shape index (κ1) is 14.8. The molecule has 110 valence electrons. The first-order valence-electron chi connectivity index (χ1n) is 7.74. The van der Waals surface area contributed by atoms with Gasteiger partial charge in [-0.2, -0.15) is 0 Å². The van der Waals surface area contributed by atoms with Crippen LogP contribution in [0, 0.1) is 0 Å². The highest BCUT2D eigenvalue weighted by Crippen LogP contribution is 2.44. The summed E-state index contributed by atoms with van der Waals surface area (Å²) in [5, 5.41) is 9.81. The van der Waals surface area contributed by atoms with Gasteiger partial charge in [-0.25, -0.2) is 0 Å². The summed E-state index contributed by atoms with van der Waals surface area (Å²) in [7, 11) is 0. The van der Waals surface area contributed by atoms with Crippen molar-refractivity contribution in [1.82, 2.24) is 4.90 Å². The van der Waals surface area contributed by atoms with E-state index in [1.807, 2.05) is 4.90 Å². The molecule has 1 spiro atoms. The summed E-state index contributed by atoms with van der Waals surface area (Å²) in [5.74, 6) is 0.114. The minimum Gasteiger partial charge on any atom is -0.393 e. The minimum absolute atomic E-state index is 0.0402. The first-order valence-corrected chi connectivity index (χ1v) is 7.74. The van der Waals surface area contributed by atoms with Crippen LogP contribution in [0.1, 0.15) is 58.3 Å². The van der Waals surface area contributed by atoms with Crippen LogP contribution in [-0.2, 0) is 9.53 Å². The molecule has 0 aromatic carbocycles. The number of carbonyl (C=O) groups is 1. The van der Waals surface area contributed by atoms with E-state index in [1.165, 1.54) is 12.8 Å². The van der Waals surface area contributed by atoms with Crippen molar-refractivity contribution >= 4 is 5.91 Å². The third-order valence-corrected chi connectivity index (χ3v) is 4.58. The van der Waals surface area contributed by atoms with Gasteiger partial charge >= 0.3 is 0 Å². The molecule has 1 aliphatic heterocycles. The van der Waals surface area contributed by atoms with Crippen molar-refractivity contribution in [3.05, 3.63) is 0 Å². The van der Waals surface area contributed by atoms with Crippen LogP contribution in [0.3, 0.4) is 0 Å². The zero-order chi connectivity index (χ0) is 13.7. The summed E-state index contributed by atoms with van der Waals surface area (Å²) in [6, 6.07) is 0. The third kappa shape index (κ3) is 3.48. The average Bonchev–Trinajstić information content (AvgIpc) is 2.36. The van der Waals surface area contributed by atoms with Crippen LogP contribution in [0.4, 0.5) is 0 Å². The molecule has 1 aliphatic carbocycles. The molecule has 0 aromatic heterocycles. The number of unbranched alkanes of at least 4 members (excludes halogenated alkanes) is 2. The predicted octanol–water partition coefficient (Wildman–Crippen LogP) is 2.10. The highest BCUT2D eigenvalue weighted by Gasteiger charge is 2.48. The Kier molecular flexibility index (Phi) is 5.22. The van der Waals surface area contributed by atoms with Crippen LogP contribution < -0.4 is 0 Å². The number of aliphatic hydroxyl groups excluding tert-OH is 1.